The fraction of sp³-hybridized carbons (Fsp3) is 0.583. The van der Waals surface area contributed by atoms with Gasteiger partial charge in [0, 0.05) is 30.5 Å². The zero-order valence-corrected chi connectivity index (χ0v) is 9.53. The Morgan fingerprint density at radius 3 is 2.80 bits per heavy atom. The van der Waals surface area contributed by atoms with Gasteiger partial charge in [-0.1, -0.05) is 6.92 Å². The van der Waals surface area contributed by atoms with E-state index in [0.29, 0.717) is 6.04 Å². The molecule has 1 aromatic heterocycles. The van der Waals surface area contributed by atoms with Crippen molar-refractivity contribution in [1.82, 2.24) is 4.98 Å². The van der Waals surface area contributed by atoms with Gasteiger partial charge in [0.2, 0.25) is 0 Å². The molecule has 3 heteroatoms. The van der Waals surface area contributed by atoms with Gasteiger partial charge in [-0.25, -0.2) is 4.98 Å². The summed E-state index contributed by atoms with van der Waals surface area (Å²) in [5.41, 5.74) is 7.82. The van der Waals surface area contributed by atoms with Gasteiger partial charge in [0.15, 0.2) is 0 Å². The molecule has 1 heterocycles. The molecule has 0 spiro atoms. The number of anilines is 2. The molecule has 0 radical (unpaired) electrons. The van der Waals surface area contributed by atoms with Crippen LogP contribution in [0.3, 0.4) is 0 Å². The molecule has 0 atom stereocenters. The number of nitrogens with zero attached hydrogens (tertiary/aromatic N) is 2. The van der Waals surface area contributed by atoms with Crippen LogP contribution in [0.15, 0.2) is 12.3 Å². The molecule has 0 bridgehead atoms. The molecule has 1 saturated carbocycles. The molecular weight excluding hydrogens is 186 g/mol. The third-order valence-electron chi connectivity index (χ3n) is 2.88. The Balaban J connectivity index is 2.21. The largest absolute Gasteiger partial charge is 0.398 e. The summed E-state index contributed by atoms with van der Waals surface area (Å²) < 4.78 is 0. The Bertz CT molecular complexity index is 345. The first kappa shape index (κ1) is 10.3. The second-order valence-corrected chi connectivity index (χ2v) is 4.32. The second-order valence-electron chi connectivity index (χ2n) is 4.32. The predicted molar refractivity (Wildman–Crippen MR) is 64.0 cm³/mol. The van der Waals surface area contributed by atoms with Crippen LogP contribution in [0, 0.1) is 6.92 Å². The Hall–Kier alpha value is -1.25. The molecule has 1 aliphatic carbocycles. The molecule has 3 nitrogen and oxygen atoms in total. The van der Waals surface area contributed by atoms with E-state index in [-0.39, 0.29) is 0 Å². The number of pyridine rings is 1. The highest BCUT2D eigenvalue weighted by Gasteiger charge is 2.29. The molecule has 0 saturated heterocycles. The fourth-order valence-corrected chi connectivity index (χ4v) is 1.80. The molecule has 82 valence electrons. The second kappa shape index (κ2) is 4.09. The lowest BCUT2D eigenvalue weighted by atomic mass is 10.2. The van der Waals surface area contributed by atoms with Crippen LogP contribution in [0.4, 0.5) is 11.5 Å². The molecule has 0 aliphatic heterocycles. The first-order valence-corrected chi connectivity index (χ1v) is 5.71. The minimum atomic E-state index is 0.708. The van der Waals surface area contributed by atoms with E-state index in [0.717, 1.165) is 30.0 Å². The lowest BCUT2D eigenvalue weighted by Gasteiger charge is -2.23. The van der Waals surface area contributed by atoms with Crippen LogP contribution >= 0.6 is 0 Å². The van der Waals surface area contributed by atoms with Gasteiger partial charge in [0.1, 0.15) is 5.82 Å². The summed E-state index contributed by atoms with van der Waals surface area (Å²) in [5, 5.41) is 0. The Morgan fingerprint density at radius 1 is 1.53 bits per heavy atom. The highest BCUT2D eigenvalue weighted by atomic mass is 15.2. The SMILES string of the molecule is CCCN(c1cc(N)c(C)cn1)C1CC1. The minimum Gasteiger partial charge on any atom is -0.398 e. The van der Waals surface area contributed by atoms with Gasteiger partial charge in [0.05, 0.1) is 0 Å². The molecule has 15 heavy (non-hydrogen) atoms. The summed E-state index contributed by atoms with van der Waals surface area (Å²) in [6.45, 7) is 5.28. The summed E-state index contributed by atoms with van der Waals surface area (Å²) in [7, 11) is 0. The number of nitrogens with two attached hydrogens (primary N) is 1. The maximum absolute atomic E-state index is 5.91. The number of rotatable bonds is 4. The molecule has 1 fully saturated rings. The van der Waals surface area contributed by atoms with Gasteiger partial charge >= 0.3 is 0 Å². The summed E-state index contributed by atoms with van der Waals surface area (Å²) in [6.07, 6.45) is 5.63. The quantitative estimate of drug-likeness (QED) is 0.820. The van der Waals surface area contributed by atoms with E-state index >= 15 is 0 Å². The van der Waals surface area contributed by atoms with Crippen molar-refractivity contribution < 1.29 is 0 Å². The van der Waals surface area contributed by atoms with E-state index in [4.69, 9.17) is 5.73 Å². The van der Waals surface area contributed by atoms with E-state index in [1.807, 2.05) is 19.2 Å². The zero-order chi connectivity index (χ0) is 10.8. The molecule has 1 aliphatic rings. The normalized spacial score (nSPS) is 15.3. The lowest BCUT2D eigenvalue weighted by molar-refractivity contribution is 0.750. The van der Waals surface area contributed by atoms with Gasteiger partial charge in [0.25, 0.3) is 0 Å². The van der Waals surface area contributed by atoms with Crippen molar-refractivity contribution >= 4 is 11.5 Å². The lowest BCUT2D eigenvalue weighted by Crippen LogP contribution is -2.27. The van der Waals surface area contributed by atoms with E-state index < -0.39 is 0 Å². The monoisotopic (exact) mass is 205 g/mol. The minimum absolute atomic E-state index is 0.708. The van der Waals surface area contributed by atoms with Gasteiger partial charge < -0.3 is 10.6 Å². The van der Waals surface area contributed by atoms with Gasteiger partial charge in [-0.2, -0.15) is 0 Å². The van der Waals surface area contributed by atoms with Gasteiger partial charge in [-0.05, 0) is 31.7 Å². The maximum Gasteiger partial charge on any atom is 0.130 e. The standard InChI is InChI=1S/C12H19N3/c1-3-6-15(10-4-5-10)12-7-11(13)9(2)8-14-12/h7-8,10H,3-6H2,1-2H3,(H2,13,14). The van der Waals surface area contributed by atoms with Crippen molar-refractivity contribution in [2.24, 2.45) is 0 Å². The highest BCUT2D eigenvalue weighted by molar-refractivity contribution is 5.55. The smallest absolute Gasteiger partial charge is 0.130 e. The third-order valence-corrected chi connectivity index (χ3v) is 2.88. The number of aromatic nitrogens is 1. The summed E-state index contributed by atoms with van der Waals surface area (Å²) >= 11 is 0. The Kier molecular flexibility index (Phi) is 2.80. The number of nitrogen functional groups attached to an aromatic ring is 1. The highest BCUT2D eigenvalue weighted by Crippen LogP contribution is 2.31. The van der Waals surface area contributed by atoms with Crippen molar-refractivity contribution in [3.63, 3.8) is 0 Å². The van der Waals surface area contributed by atoms with Crippen LogP contribution in [0.25, 0.3) is 0 Å². The molecule has 0 unspecified atom stereocenters. The number of hydrogen-bond donors (Lipinski definition) is 1. The van der Waals surface area contributed by atoms with Crippen molar-refractivity contribution in [3.8, 4) is 0 Å². The van der Waals surface area contributed by atoms with Gasteiger partial charge in [-0.15, -0.1) is 0 Å². The predicted octanol–water partition coefficient (Wildman–Crippen LogP) is 2.35. The summed E-state index contributed by atoms with van der Waals surface area (Å²) in [6, 6.07) is 2.71. The van der Waals surface area contributed by atoms with Crippen LogP contribution in [0.1, 0.15) is 31.7 Å². The molecular formula is C12H19N3. The van der Waals surface area contributed by atoms with Crippen LogP contribution in [0.5, 0.6) is 0 Å². The Morgan fingerprint density at radius 2 is 2.27 bits per heavy atom. The molecule has 0 amide bonds. The topological polar surface area (TPSA) is 42.1 Å². The Labute approximate surface area is 91.3 Å². The fourth-order valence-electron chi connectivity index (χ4n) is 1.80. The van der Waals surface area contributed by atoms with E-state index in [1.54, 1.807) is 0 Å². The van der Waals surface area contributed by atoms with Crippen molar-refractivity contribution in [2.45, 2.75) is 39.2 Å². The maximum atomic E-state index is 5.91. The number of hydrogen-bond acceptors (Lipinski definition) is 3. The third kappa shape index (κ3) is 2.22. The van der Waals surface area contributed by atoms with Crippen LogP contribution < -0.4 is 10.6 Å². The zero-order valence-electron chi connectivity index (χ0n) is 9.53. The van der Waals surface area contributed by atoms with Gasteiger partial charge in [-0.3, -0.25) is 0 Å². The number of aryl methyl sites for hydroxylation is 1. The van der Waals surface area contributed by atoms with Crippen molar-refractivity contribution in [3.05, 3.63) is 17.8 Å². The first-order valence-electron chi connectivity index (χ1n) is 5.71. The van der Waals surface area contributed by atoms with E-state index in [1.165, 1.54) is 12.8 Å². The first-order chi connectivity index (χ1) is 7.22. The van der Waals surface area contributed by atoms with Crippen LogP contribution in [-0.2, 0) is 0 Å². The van der Waals surface area contributed by atoms with Crippen molar-refractivity contribution in [1.29, 1.82) is 0 Å². The molecule has 1 aromatic rings. The van der Waals surface area contributed by atoms with E-state index in [9.17, 15) is 0 Å². The molecule has 0 aromatic carbocycles. The van der Waals surface area contributed by atoms with E-state index in [2.05, 4.69) is 16.8 Å². The summed E-state index contributed by atoms with van der Waals surface area (Å²) in [5.74, 6) is 1.04. The summed E-state index contributed by atoms with van der Waals surface area (Å²) in [4.78, 5) is 6.85. The molecule has 2 rings (SSSR count). The van der Waals surface area contributed by atoms with Crippen LogP contribution in [-0.4, -0.2) is 17.6 Å². The average Bonchev–Trinajstić information content (AvgIpc) is 3.02. The van der Waals surface area contributed by atoms with Crippen molar-refractivity contribution in [2.75, 3.05) is 17.2 Å². The average molecular weight is 205 g/mol. The molecule has 2 N–H and O–H groups in total. The van der Waals surface area contributed by atoms with Crippen LogP contribution in [0.2, 0.25) is 0 Å².